The number of phenols is 2. The molecule has 2 aromatic heterocycles. The minimum absolute atomic E-state index is 0.0121. The van der Waals surface area contributed by atoms with Gasteiger partial charge < -0.3 is 39.8 Å². The van der Waals surface area contributed by atoms with Gasteiger partial charge in [-0.2, -0.15) is 0 Å². The van der Waals surface area contributed by atoms with Crippen molar-refractivity contribution < 1.29 is 33.9 Å². The van der Waals surface area contributed by atoms with E-state index < -0.39 is 35.0 Å². The van der Waals surface area contributed by atoms with Gasteiger partial charge in [-0.05, 0) is 42.8 Å². The molecule has 3 atom stereocenters. The molecule has 0 saturated heterocycles. The summed E-state index contributed by atoms with van der Waals surface area (Å²) in [7, 11) is 1.49. The molecule has 0 spiro atoms. The van der Waals surface area contributed by atoms with Crippen molar-refractivity contribution in [2.45, 2.75) is 44.5 Å². The van der Waals surface area contributed by atoms with Gasteiger partial charge in [0.2, 0.25) is 5.43 Å². The highest BCUT2D eigenvalue weighted by Gasteiger charge is 2.41. The minimum Gasteiger partial charge on any atom is -0.506 e. The summed E-state index contributed by atoms with van der Waals surface area (Å²) in [5, 5.41) is 34.1. The average Bonchev–Trinajstić information content (AvgIpc) is 2.89. The predicted octanol–water partition coefficient (Wildman–Crippen LogP) is 2.69. The summed E-state index contributed by atoms with van der Waals surface area (Å²) >= 11 is 0. The molecule has 3 aliphatic rings. The molecule has 2 aliphatic carbocycles. The maximum absolute atomic E-state index is 13.8. The zero-order valence-corrected chi connectivity index (χ0v) is 20.5. The number of aliphatic hydroxyl groups is 1. The molecule has 0 radical (unpaired) electrons. The van der Waals surface area contributed by atoms with Gasteiger partial charge in [0.1, 0.15) is 28.7 Å². The highest BCUT2D eigenvalue weighted by Crippen LogP contribution is 2.57. The summed E-state index contributed by atoms with van der Waals surface area (Å²) in [5.74, 6) is 5.46. The van der Waals surface area contributed by atoms with Crippen LogP contribution < -0.4 is 21.6 Å². The van der Waals surface area contributed by atoms with Gasteiger partial charge in [-0.1, -0.05) is 0 Å². The molecule has 1 aliphatic heterocycles. The summed E-state index contributed by atoms with van der Waals surface area (Å²) in [5.41, 5.74) is 0.626. The molecule has 0 fully saturated rings. The van der Waals surface area contributed by atoms with Crippen LogP contribution in [0.25, 0.3) is 32.9 Å². The number of aryl methyl sites for hydroxylation is 1. The number of rotatable bonds is 1. The number of aromatic hydroxyl groups is 2. The lowest BCUT2D eigenvalue weighted by Crippen LogP contribution is -2.29. The molecule has 3 heterocycles. The Bertz CT molecular complexity index is 1840. The van der Waals surface area contributed by atoms with Crippen molar-refractivity contribution in [1.29, 1.82) is 0 Å². The number of fused-ring (bicyclic) bond motifs is 6. The second-order valence-electron chi connectivity index (χ2n) is 10.0. The van der Waals surface area contributed by atoms with E-state index in [2.05, 4.69) is 0 Å². The molecule has 7 rings (SSSR count). The van der Waals surface area contributed by atoms with Crippen LogP contribution in [0.3, 0.4) is 0 Å². The number of hydrogen-bond donors (Lipinski definition) is 4. The first-order chi connectivity index (χ1) is 18.2. The fourth-order valence-electron chi connectivity index (χ4n) is 6.22. The van der Waals surface area contributed by atoms with Gasteiger partial charge in [-0.3, -0.25) is 9.59 Å². The van der Waals surface area contributed by atoms with Gasteiger partial charge >= 0.3 is 0 Å². The van der Waals surface area contributed by atoms with E-state index in [9.17, 15) is 24.9 Å². The van der Waals surface area contributed by atoms with E-state index in [0.29, 0.717) is 35.0 Å². The number of aromatic nitrogens is 1. The Labute approximate surface area is 214 Å². The van der Waals surface area contributed by atoms with E-state index >= 15 is 0 Å². The normalized spacial score (nSPS) is 21.6. The third-order valence-corrected chi connectivity index (χ3v) is 8.02. The maximum Gasteiger partial charge on any atom is 0.280 e. The van der Waals surface area contributed by atoms with E-state index in [-0.39, 0.29) is 63.5 Å². The molecule has 4 aromatic rings. The highest BCUT2D eigenvalue weighted by atomic mass is 16.7. The van der Waals surface area contributed by atoms with Crippen LogP contribution in [-0.4, -0.2) is 33.9 Å². The minimum atomic E-state index is -1.10. The van der Waals surface area contributed by atoms with Crippen molar-refractivity contribution >= 4 is 21.7 Å². The van der Waals surface area contributed by atoms with Crippen molar-refractivity contribution in [2.75, 3.05) is 19.7 Å². The van der Waals surface area contributed by atoms with Gasteiger partial charge in [0.15, 0.2) is 18.1 Å². The van der Waals surface area contributed by atoms with Gasteiger partial charge in [0.05, 0.1) is 23.2 Å². The van der Waals surface area contributed by atoms with Crippen molar-refractivity contribution in [1.82, 2.24) is 4.68 Å². The number of nitrogens with zero attached hydrogens (tertiary/aromatic N) is 1. The van der Waals surface area contributed by atoms with Crippen LogP contribution in [0.5, 0.6) is 17.2 Å². The monoisotopic (exact) mass is 520 g/mol. The number of nitrogens with two attached hydrogens (primary N) is 1. The van der Waals surface area contributed by atoms with Gasteiger partial charge in [0.25, 0.3) is 5.56 Å². The van der Waals surface area contributed by atoms with Gasteiger partial charge in [0, 0.05) is 35.9 Å². The number of pyridine rings is 1. The lowest BCUT2D eigenvalue weighted by atomic mass is 9.79. The van der Waals surface area contributed by atoms with Crippen molar-refractivity contribution in [2.24, 2.45) is 0 Å². The van der Waals surface area contributed by atoms with Gasteiger partial charge in [-0.15, -0.1) is 0 Å². The Morgan fingerprint density at radius 2 is 1.84 bits per heavy atom. The number of benzene rings is 2. The van der Waals surface area contributed by atoms with Crippen molar-refractivity contribution in [3.63, 3.8) is 0 Å². The molecular weight excluding hydrogens is 496 g/mol. The molecule has 2 aromatic carbocycles. The maximum atomic E-state index is 13.8. The van der Waals surface area contributed by atoms with Crippen LogP contribution in [0.1, 0.15) is 59.3 Å². The molecule has 0 bridgehead atoms. The number of phenolic OH excluding ortho intramolecular Hbond substituents is 2. The SMILES string of the molecule is CO[C@@H]1CC[C@H](O)c2c1oc1c3c4c(c(O)c1c2=O)-c1c(cc2cc(C)n(N)c(=O)c2c1O)C[C@H]4OCO3. The molecule has 0 saturated carbocycles. The van der Waals surface area contributed by atoms with Crippen LogP contribution in [0.15, 0.2) is 26.1 Å². The van der Waals surface area contributed by atoms with E-state index in [1.54, 1.807) is 19.1 Å². The number of methoxy groups -OCH3 is 1. The van der Waals surface area contributed by atoms with Crippen molar-refractivity contribution in [3.8, 4) is 28.4 Å². The van der Waals surface area contributed by atoms with E-state index in [0.717, 1.165) is 4.68 Å². The molecule has 0 unspecified atom stereocenters. The predicted molar refractivity (Wildman–Crippen MR) is 135 cm³/mol. The first-order valence-electron chi connectivity index (χ1n) is 12.2. The number of hydrogen-bond acceptors (Lipinski definition) is 10. The average molecular weight is 520 g/mol. The van der Waals surface area contributed by atoms with Crippen LogP contribution in [0.2, 0.25) is 0 Å². The molecule has 38 heavy (non-hydrogen) atoms. The summed E-state index contributed by atoms with van der Waals surface area (Å²) in [4.78, 5) is 26.8. The summed E-state index contributed by atoms with van der Waals surface area (Å²) in [6.07, 6.45) is -1.18. The number of aliphatic hydroxyl groups excluding tert-OH is 1. The lowest BCUT2D eigenvalue weighted by Gasteiger charge is -2.35. The fraction of sp³-hybridized carbons (Fsp3) is 0.333. The first-order valence-corrected chi connectivity index (χ1v) is 12.2. The Morgan fingerprint density at radius 1 is 1.08 bits per heavy atom. The van der Waals surface area contributed by atoms with E-state index in [1.165, 1.54) is 7.11 Å². The van der Waals surface area contributed by atoms with E-state index in [1.807, 2.05) is 0 Å². The lowest BCUT2D eigenvalue weighted by molar-refractivity contribution is -0.0592. The summed E-state index contributed by atoms with van der Waals surface area (Å²) in [6, 6.07) is 3.45. The largest absolute Gasteiger partial charge is 0.506 e. The Morgan fingerprint density at radius 3 is 2.61 bits per heavy atom. The van der Waals surface area contributed by atoms with Crippen molar-refractivity contribution in [3.05, 3.63) is 60.9 Å². The second-order valence-corrected chi connectivity index (χ2v) is 10.0. The molecule has 11 nitrogen and oxygen atoms in total. The van der Waals surface area contributed by atoms with E-state index in [4.69, 9.17) is 24.5 Å². The Hall–Kier alpha value is -4.06. The smallest absolute Gasteiger partial charge is 0.280 e. The standard InChI is InChI=1S/C27H24N2O9/c1-9-5-10-6-11-7-14-18-19(15(11)21(31)16(10)27(34)29(9)28)23(33)20-22(32)17-12(30)3-4-13(35-2)24(17)38-26(20)25(18)37-8-36-14/h5-6,12-14,30-31,33H,3-4,7-8,28H2,1-2H3/t12-,13+,14+/m0/s1. The van der Waals surface area contributed by atoms with Crippen LogP contribution in [0, 0.1) is 6.92 Å². The second kappa shape index (κ2) is 7.73. The summed E-state index contributed by atoms with van der Waals surface area (Å²) < 4.78 is 24.3. The molecule has 11 heteroatoms. The fourth-order valence-corrected chi connectivity index (χ4v) is 6.22. The zero-order valence-electron chi connectivity index (χ0n) is 20.5. The van der Waals surface area contributed by atoms with Crippen LogP contribution >= 0.6 is 0 Å². The number of ether oxygens (including phenoxy) is 3. The third kappa shape index (κ3) is 2.78. The third-order valence-electron chi connectivity index (χ3n) is 8.02. The number of nitrogen functional groups attached to an aromatic ring is 1. The van der Waals surface area contributed by atoms with Crippen LogP contribution in [-0.2, 0) is 15.9 Å². The first kappa shape index (κ1) is 23.1. The molecule has 5 N–H and O–H groups in total. The van der Waals surface area contributed by atoms with Gasteiger partial charge in [-0.25, -0.2) is 4.68 Å². The quantitative estimate of drug-likeness (QED) is 0.274. The molecule has 196 valence electrons. The Kier molecular flexibility index (Phi) is 4.70. The zero-order chi connectivity index (χ0) is 26.6. The topological polar surface area (TPSA) is 167 Å². The summed E-state index contributed by atoms with van der Waals surface area (Å²) in [6.45, 7) is 1.56. The Balaban J connectivity index is 1.65. The molecule has 0 amide bonds. The molecular formula is C27H24N2O9. The van der Waals surface area contributed by atoms with Crippen LogP contribution in [0.4, 0.5) is 0 Å². The highest BCUT2D eigenvalue weighted by molar-refractivity contribution is 6.05.